The van der Waals surface area contributed by atoms with Crippen LogP contribution in [-0.4, -0.2) is 31.1 Å². The minimum atomic E-state index is -0.257. The van der Waals surface area contributed by atoms with Crippen LogP contribution in [0.1, 0.15) is 36.3 Å². The van der Waals surface area contributed by atoms with Gasteiger partial charge in [0.25, 0.3) is 0 Å². The van der Waals surface area contributed by atoms with Crippen molar-refractivity contribution in [1.29, 1.82) is 0 Å². The van der Waals surface area contributed by atoms with Crippen LogP contribution in [0, 0.1) is 0 Å². The molecule has 1 aliphatic heterocycles. The molecule has 0 N–H and O–H groups in total. The second kappa shape index (κ2) is 4.34. The molecule has 0 aromatic heterocycles. The summed E-state index contributed by atoms with van der Waals surface area (Å²) in [4.78, 5) is 17.2. The predicted molar refractivity (Wildman–Crippen MR) is 70.3 cm³/mol. The Hall–Kier alpha value is -1.44. The number of rotatable bonds is 3. The Balaban J connectivity index is 1.98. The summed E-state index contributed by atoms with van der Waals surface area (Å²) < 4.78 is 0. The van der Waals surface area contributed by atoms with Crippen molar-refractivity contribution < 1.29 is 4.79 Å². The third-order valence-electron chi connectivity index (χ3n) is 4.41. The Bertz CT molecular complexity index is 495. The van der Waals surface area contributed by atoms with Crippen LogP contribution >= 0.6 is 0 Å². The fourth-order valence-electron chi connectivity index (χ4n) is 3.21. The highest BCUT2D eigenvalue weighted by Gasteiger charge is 2.42. The Morgan fingerprint density at radius 1 is 1.33 bits per heavy atom. The van der Waals surface area contributed by atoms with Crippen LogP contribution in [-0.2, 0) is 10.3 Å². The first-order chi connectivity index (χ1) is 8.75. The zero-order chi connectivity index (χ0) is 12.6. The van der Waals surface area contributed by atoms with Crippen LogP contribution < -0.4 is 0 Å². The molecule has 0 radical (unpaired) electrons. The number of hydrogen-bond acceptors (Lipinski definition) is 3. The molecule has 2 aliphatic rings. The molecule has 1 saturated carbocycles. The lowest BCUT2D eigenvalue weighted by Crippen LogP contribution is -2.43. The average Bonchev–Trinajstić information content (AvgIpc) is 2.30. The van der Waals surface area contributed by atoms with Gasteiger partial charge >= 0.3 is 0 Å². The first kappa shape index (κ1) is 11.6. The van der Waals surface area contributed by atoms with Crippen LogP contribution in [0.5, 0.6) is 0 Å². The van der Waals surface area contributed by atoms with Crippen LogP contribution in [0.15, 0.2) is 29.3 Å². The van der Waals surface area contributed by atoms with Gasteiger partial charge in [-0.2, -0.15) is 4.99 Å². The third-order valence-corrected chi connectivity index (χ3v) is 4.41. The van der Waals surface area contributed by atoms with Crippen molar-refractivity contribution in [3.05, 3.63) is 35.4 Å². The maximum atomic E-state index is 10.7. The average molecular weight is 242 g/mol. The van der Waals surface area contributed by atoms with E-state index in [1.807, 2.05) is 0 Å². The quantitative estimate of drug-likeness (QED) is 0.602. The number of nitrogens with zero attached hydrogens (tertiary/aromatic N) is 2. The molecule has 2 fully saturated rings. The number of likely N-dealkylation sites (tertiary alicyclic amines) is 1. The highest BCUT2D eigenvalue weighted by atomic mass is 16.1. The molecular weight excluding hydrogens is 224 g/mol. The Morgan fingerprint density at radius 3 is 2.61 bits per heavy atom. The van der Waals surface area contributed by atoms with Crippen LogP contribution in [0.3, 0.4) is 0 Å². The van der Waals surface area contributed by atoms with Crippen molar-refractivity contribution in [2.45, 2.75) is 30.7 Å². The lowest BCUT2D eigenvalue weighted by molar-refractivity contribution is 0.183. The summed E-state index contributed by atoms with van der Waals surface area (Å²) in [5.74, 6) is 0.602. The molecule has 1 aromatic carbocycles. The van der Waals surface area contributed by atoms with E-state index in [9.17, 15) is 4.79 Å². The smallest absolute Gasteiger partial charge is 0.235 e. The molecule has 0 spiro atoms. The Kier molecular flexibility index (Phi) is 2.81. The van der Waals surface area contributed by atoms with E-state index in [-0.39, 0.29) is 5.54 Å². The highest BCUT2D eigenvalue weighted by molar-refractivity contribution is 5.44. The number of benzene rings is 1. The van der Waals surface area contributed by atoms with Crippen LogP contribution in [0.25, 0.3) is 0 Å². The molecule has 3 rings (SSSR count). The first-order valence-corrected chi connectivity index (χ1v) is 6.62. The van der Waals surface area contributed by atoms with Gasteiger partial charge in [0.15, 0.2) is 0 Å². The summed E-state index contributed by atoms with van der Waals surface area (Å²) in [5.41, 5.74) is 2.39. The summed E-state index contributed by atoms with van der Waals surface area (Å²) in [6.07, 6.45) is 4.92. The molecule has 3 nitrogen and oxygen atoms in total. The normalized spacial score (nSPS) is 22.7. The van der Waals surface area contributed by atoms with Crippen LogP contribution in [0.4, 0.5) is 0 Å². The van der Waals surface area contributed by atoms with Crippen LogP contribution in [0.2, 0.25) is 0 Å². The van der Waals surface area contributed by atoms with Gasteiger partial charge in [-0.25, -0.2) is 4.79 Å². The molecular formula is C15H18N2O. The minimum Gasteiger partial charge on any atom is -0.305 e. The second-order valence-corrected chi connectivity index (χ2v) is 5.59. The summed E-state index contributed by atoms with van der Waals surface area (Å²) in [5, 5.41) is 0. The maximum Gasteiger partial charge on any atom is 0.235 e. The van der Waals surface area contributed by atoms with E-state index in [1.54, 1.807) is 6.08 Å². The number of isocyanates is 1. The van der Waals surface area contributed by atoms with Gasteiger partial charge in [-0.1, -0.05) is 24.3 Å². The van der Waals surface area contributed by atoms with Gasteiger partial charge in [-0.15, -0.1) is 0 Å². The lowest BCUT2D eigenvalue weighted by Gasteiger charge is -2.43. The summed E-state index contributed by atoms with van der Waals surface area (Å²) >= 11 is 0. The molecule has 0 amide bonds. The molecule has 1 saturated heterocycles. The molecule has 18 heavy (non-hydrogen) atoms. The van der Waals surface area contributed by atoms with Crippen molar-refractivity contribution in [1.82, 2.24) is 4.90 Å². The van der Waals surface area contributed by atoms with E-state index in [0.29, 0.717) is 5.92 Å². The molecule has 0 bridgehead atoms. The van der Waals surface area contributed by atoms with Gasteiger partial charge in [0.2, 0.25) is 6.08 Å². The van der Waals surface area contributed by atoms with E-state index in [0.717, 1.165) is 32.4 Å². The number of aliphatic imine (C=N–C) groups is 1. The van der Waals surface area contributed by atoms with E-state index in [1.165, 1.54) is 11.1 Å². The van der Waals surface area contributed by atoms with E-state index in [4.69, 9.17) is 0 Å². The van der Waals surface area contributed by atoms with Gasteiger partial charge < -0.3 is 4.90 Å². The van der Waals surface area contributed by atoms with Crippen molar-refractivity contribution in [3.8, 4) is 0 Å². The standard InChI is InChI=1S/C15H18N2O/c1-17-9-12(10-17)13-5-2-3-6-14(13)15(16-11-18)7-4-8-15/h2-3,5-6,12H,4,7-10H2,1H3. The highest BCUT2D eigenvalue weighted by Crippen LogP contribution is 2.47. The van der Waals surface area contributed by atoms with Gasteiger partial charge in [0, 0.05) is 19.0 Å². The molecule has 1 aromatic rings. The van der Waals surface area contributed by atoms with Crippen molar-refractivity contribution in [2.24, 2.45) is 4.99 Å². The molecule has 3 heteroatoms. The van der Waals surface area contributed by atoms with Gasteiger partial charge in [-0.05, 0) is 37.4 Å². The first-order valence-electron chi connectivity index (χ1n) is 6.62. The van der Waals surface area contributed by atoms with Crippen molar-refractivity contribution in [2.75, 3.05) is 20.1 Å². The SMILES string of the molecule is CN1CC(c2ccccc2C2(N=C=O)CCC2)C1. The number of hydrogen-bond donors (Lipinski definition) is 0. The molecule has 1 aliphatic carbocycles. The maximum absolute atomic E-state index is 10.7. The fraction of sp³-hybridized carbons (Fsp3) is 0.533. The number of carbonyl (C=O) groups excluding carboxylic acids is 1. The van der Waals surface area contributed by atoms with E-state index in [2.05, 4.69) is 41.2 Å². The largest absolute Gasteiger partial charge is 0.305 e. The summed E-state index contributed by atoms with van der Waals surface area (Å²) in [6.45, 7) is 2.22. The second-order valence-electron chi connectivity index (χ2n) is 5.59. The lowest BCUT2D eigenvalue weighted by atomic mass is 9.69. The number of likely N-dealkylation sites (N-methyl/N-ethyl adjacent to an activating group) is 1. The zero-order valence-electron chi connectivity index (χ0n) is 10.7. The van der Waals surface area contributed by atoms with Crippen molar-refractivity contribution >= 4 is 6.08 Å². The van der Waals surface area contributed by atoms with E-state index < -0.39 is 0 Å². The summed E-state index contributed by atoms with van der Waals surface area (Å²) in [7, 11) is 2.14. The minimum absolute atomic E-state index is 0.257. The third kappa shape index (κ3) is 1.71. The summed E-state index contributed by atoms with van der Waals surface area (Å²) in [6, 6.07) is 8.50. The molecule has 1 heterocycles. The zero-order valence-corrected chi connectivity index (χ0v) is 10.7. The van der Waals surface area contributed by atoms with Gasteiger partial charge in [0.1, 0.15) is 0 Å². The van der Waals surface area contributed by atoms with E-state index >= 15 is 0 Å². The topological polar surface area (TPSA) is 32.7 Å². The Labute approximate surface area is 108 Å². The Morgan fingerprint density at radius 2 is 2.06 bits per heavy atom. The molecule has 0 unspecified atom stereocenters. The molecule has 0 atom stereocenters. The fourth-order valence-corrected chi connectivity index (χ4v) is 3.21. The van der Waals surface area contributed by atoms with Gasteiger partial charge in [0.05, 0.1) is 5.54 Å². The predicted octanol–water partition coefficient (Wildman–Crippen LogP) is 2.43. The van der Waals surface area contributed by atoms with Crippen molar-refractivity contribution in [3.63, 3.8) is 0 Å². The monoisotopic (exact) mass is 242 g/mol. The molecule has 94 valence electrons. The van der Waals surface area contributed by atoms with Gasteiger partial charge in [-0.3, -0.25) is 0 Å².